The number of rotatable bonds is 6. The molecule has 126 valence electrons. The molecular formula is C17H18N2O4S. The molecule has 2 aromatic carbocycles. The van der Waals surface area contributed by atoms with Crippen LogP contribution in [-0.2, 0) is 14.8 Å². The van der Waals surface area contributed by atoms with E-state index in [0.717, 1.165) is 0 Å². The zero-order valence-corrected chi connectivity index (χ0v) is 14.1. The van der Waals surface area contributed by atoms with Crippen LogP contribution in [0.5, 0.6) is 5.75 Å². The topological polar surface area (TPSA) is 84.5 Å². The van der Waals surface area contributed by atoms with E-state index in [4.69, 9.17) is 4.74 Å². The molecule has 0 heterocycles. The first-order chi connectivity index (χ1) is 11.5. The molecule has 0 saturated carbocycles. The number of carbonyl (C=O) groups excluding carboxylic acids is 1. The van der Waals surface area contributed by atoms with E-state index >= 15 is 0 Å². The second-order valence-electron chi connectivity index (χ2n) is 4.80. The van der Waals surface area contributed by atoms with Crippen molar-refractivity contribution in [1.82, 2.24) is 4.72 Å². The number of ether oxygens (including phenoxy) is 1. The number of nitrogens with one attached hydrogen (secondary N) is 2. The van der Waals surface area contributed by atoms with Crippen LogP contribution in [0.2, 0.25) is 0 Å². The number of amides is 1. The Morgan fingerprint density at radius 1 is 1.08 bits per heavy atom. The number of para-hydroxylation sites is 2. The summed E-state index contributed by atoms with van der Waals surface area (Å²) in [6.07, 6.45) is 2.97. The van der Waals surface area contributed by atoms with Crippen molar-refractivity contribution < 1.29 is 17.9 Å². The molecule has 2 aromatic rings. The van der Waals surface area contributed by atoms with E-state index in [0.29, 0.717) is 17.0 Å². The predicted octanol–water partition coefficient (Wildman–Crippen LogP) is 2.26. The van der Waals surface area contributed by atoms with Gasteiger partial charge in [0.05, 0.1) is 17.7 Å². The van der Waals surface area contributed by atoms with Gasteiger partial charge in [-0.25, -0.2) is 13.1 Å². The van der Waals surface area contributed by atoms with Crippen molar-refractivity contribution in [2.24, 2.45) is 0 Å². The molecule has 6 nitrogen and oxygen atoms in total. The van der Waals surface area contributed by atoms with Gasteiger partial charge < -0.3 is 10.1 Å². The molecule has 7 heteroatoms. The number of hydrogen-bond acceptors (Lipinski definition) is 4. The molecule has 0 spiro atoms. The molecule has 2 rings (SSSR count). The monoisotopic (exact) mass is 346 g/mol. The van der Waals surface area contributed by atoms with Crippen molar-refractivity contribution in [1.29, 1.82) is 0 Å². The molecule has 0 saturated heterocycles. The van der Waals surface area contributed by atoms with Gasteiger partial charge in [-0.15, -0.1) is 0 Å². The van der Waals surface area contributed by atoms with E-state index in [1.165, 1.54) is 32.4 Å². The zero-order valence-electron chi connectivity index (χ0n) is 13.3. The maximum Gasteiger partial charge on any atom is 0.248 e. The molecule has 24 heavy (non-hydrogen) atoms. The minimum absolute atomic E-state index is 0.167. The summed E-state index contributed by atoms with van der Waals surface area (Å²) < 4.78 is 30.7. The maximum absolute atomic E-state index is 12.0. The molecule has 0 fully saturated rings. The van der Waals surface area contributed by atoms with E-state index in [-0.39, 0.29) is 10.8 Å². The van der Waals surface area contributed by atoms with Crippen molar-refractivity contribution in [3.63, 3.8) is 0 Å². The zero-order chi connectivity index (χ0) is 17.6. The molecule has 0 aromatic heterocycles. The minimum Gasteiger partial charge on any atom is -0.495 e. The van der Waals surface area contributed by atoms with Gasteiger partial charge in [-0.2, -0.15) is 0 Å². The smallest absolute Gasteiger partial charge is 0.248 e. The molecule has 0 radical (unpaired) electrons. The third-order valence-electron chi connectivity index (χ3n) is 3.25. The fraction of sp³-hybridized carbons (Fsp3) is 0.118. The lowest BCUT2D eigenvalue weighted by Gasteiger charge is -2.07. The van der Waals surface area contributed by atoms with Crippen molar-refractivity contribution in [3.8, 4) is 5.75 Å². The van der Waals surface area contributed by atoms with Gasteiger partial charge in [-0.05, 0) is 43.0 Å². The molecule has 0 bridgehead atoms. The number of carbonyl (C=O) groups is 1. The fourth-order valence-electron chi connectivity index (χ4n) is 1.97. The first kappa shape index (κ1) is 17.7. The van der Waals surface area contributed by atoms with E-state index in [2.05, 4.69) is 10.0 Å². The summed E-state index contributed by atoms with van der Waals surface area (Å²) in [7, 11) is -0.580. The largest absolute Gasteiger partial charge is 0.495 e. The Morgan fingerprint density at radius 2 is 1.75 bits per heavy atom. The van der Waals surface area contributed by atoms with Gasteiger partial charge >= 0.3 is 0 Å². The van der Waals surface area contributed by atoms with E-state index in [1.54, 1.807) is 36.4 Å². The molecule has 0 aliphatic carbocycles. The summed E-state index contributed by atoms with van der Waals surface area (Å²) >= 11 is 0. The Kier molecular flexibility index (Phi) is 5.73. The molecule has 0 aliphatic heterocycles. The lowest BCUT2D eigenvalue weighted by atomic mass is 10.2. The third kappa shape index (κ3) is 4.43. The maximum atomic E-state index is 12.0. The van der Waals surface area contributed by atoms with Crippen molar-refractivity contribution in [3.05, 3.63) is 60.2 Å². The average Bonchev–Trinajstić information content (AvgIpc) is 2.61. The first-order valence-corrected chi connectivity index (χ1v) is 8.60. The van der Waals surface area contributed by atoms with E-state index in [9.17, 15) is 13.2 Å². The van der Waals surface area contributed by atoms with Gasteiger partial charge in [0, 0.05) is 6.08 Å². The van der Waals surface area contributed by atoms with Crippen molar-refractivity contribution in [2.45, 2.75) is 4.90 Å². The van der Waals surface area contributed by atoms with E-state index in [1.807, 2.05) is 6.07 Å². The predicted molar refractivity (Wildman–Crippen MR) is 93.3 cm³/mol. The lowest BCUT2D eigenvalue weighted by Crippen LogP contribution is -2.18. The van der Waals surface area contributed by atoms with Crippen LogP contribution in [-0.4, -0.2) is 28.5 Å². The normalized spacial score (nSPS) is 11.4. The van der Waals surface area contributed by atoms with Crippen LogP contribution < -0.4 is 14.8 Å². The number of hydrogen-bond donors (Lipinski definition) is 2. The van der Waals surface area contributed by atoms with Crippen LogP contribution in [0.3, 0.4) is 0 Å². The molecule has 0 unspecified atom stereocenters. The van der Waals surface area contributed by atoms with Crippen molar-refractivity contribution >= 4 is 27.7 Å². The number of benzene rings is 2. The van der Waals surface area contributed by atoms with Crippen LogP contribution in [0.25, 0.3) is 6.08 Å². The lowest BCUT2D eigenvalue weighted by molar-refractivity contribution is -0.111. The highest BCUT2D eigenvalue weighted by molar-refractivity contribution is 7.89. The first-order valence-electron chi connectivity index (χ1n) is 7.12. The summed E-state index contributed by atoms with van der Waals surface area (Å²) in [5.41, 5.74) is 1.28. The Balaban J connectivity index is 2.06. The summed E-state index contributed by atoms with van der Waals surface area (Å²) in [5, 5.41) is 2.72. The Hall–Kier alpha value is -2.64. The Bertz CT molecular complexity index is 843. The van der Waals surface area contributed by atoms with Crippen LogP contribution in [0.4, 0.5) is 5.69 Å². The van der Waals surface area contributed by atoms with Gasteiger partial charge in [0.2, 0.25) is 15.9 Å². The van der Waals surface area contributed by atoms with Gasteiger partial charge in [0.1, 0.15) is 5.75 Å². The molecule has 0 atom stereocenters. The number of methoxy groups -OCH3 is 1. The second kappa shape index (κ2) is 7.76. The molecule has 0 aliphatic rings. The average molecular weight is 346 g/mol. The van der Waals surface area contributed by atoms with E-state index < -0.39 is 10.0 Å². The van der Waals surface area contributed by atoms with Gasteiger partial charge in [-0.3, -0.25) is 4.79 Å². The summed E-state index contributed by atoms with van der Waals surface area (Å²) in [5.74, 6) is 0.257. The summed E-state index contributed by atoms with van der Waals surface area (Å²) in [4.78, 5) is 12.1. The van der Waals surface area contributed by atoms with Crippen LogP contribution in [0, 0.1) is 0 Å². The number of anilines is 1. The van der Waals surface area contributed by atoms with Gasteiger partial charge in [0.25, 0.3) is 0 Å². The third-order valence-corrected chi connectivity index (χ3v) is 4.68. The SMILES string of the molecule is CNS(=O)(=O)c1ccc(/C=C/C(=O)Nc2ccccc2OC)cc1. The quantitative estimate of drug-likeness (QED) is 0.786. The van der Waals surface area contributed by atoms with Crippen LogP contribution >= 0.6 is 0 Å². The Labute approximate surface area is 141 Å². The second-order valence-corrected chi connectivity index (χ2v) is 6.69. The van der Waals surface area contributed by atoms with Crippen LogP contribution in [0.15, 0.2) is 59.5 Å². The highest BCUT2D eigenvalue weighted by Gasteiger charge is 2.10. The number of sulfonamides is 1. The van der Waals surface area contributed by atoms with Crippen molar-refractivity contribution in [2.75, 3.05) is 19.5 Å². The molecule has 1 amide bonds. The standard InChI is InChI=1S/C17H18N2O4S/c1-18-24(21,22)14-10-7-13(8-11-14)9-12-17(20)19-15-5-3-4-6-16(15)23-2/h3-12,18H,1-2H3,(H,19,20)/b12-9+. The van der Waals surface area contributed by atoms with Gasteiger partial charge in [-0.1, -0.05) is 24.3 Å². The van der Waals surface area contributed by atoms with Gasteiger partial charge in [0.15, 0.2) is 0 Å². The highest BCUT2D eigenvalue weighted by atomic mass is 32.2. The minimum atomic E-state index is -3.46. The Morgan fingerprint density at radius 3 is 2.38 bits per heavy atom. The highest BCUT2D eigenvalue weighted by Crippen LogP contribution is 2.22. The molecule has 2 N–H and O–H groups in total. The summed E-state index contributed by atoms with van der Waals surface area (Å²) in [6, 6.07) is 13.3. The van der Waals surface area contributed by atoms with Crippen LogP contribution in [0.1, 0.15) is 5.56 Å². The summed E-state index contributed by atoms with van der Waals surface area (Å²) in [6.45, 7) is 0. The molecular weight excluding hydrogens is 328 g/mol. The fourth-order valence-corrected chi connectivity index (χ4v) is 2.70.